The van der Waals surface area contributed by atoms with Crippen molar-refractivity contribution in [1.82, 2.24) is 15.2 Å². The highest BCUT2D eigenvalue weighted by atomic mass is 32.2. The Hall–Kier alpha value is -3.39. The number of thioether (sulfide) groups is 1. The van der Waals surface area contributed by atoms with Crippen molar-refractivity contribution < 1.29 is 18.8 Å². The molecule has 0 spiro atoms. The molecule has 5 rings (SSSR count). The monoisotopic (exact) mass is 489 g/mol. The second-order valence-corrected chi connectivity index (χ2v) is 9.76. The number of fused-ring (bicyclic) bond motifs is 2. The van der Waals surface area contributed by atoms with Gasteiger partial charge in [0.15, 0.2) is 5.78 Å². The van der Waals surface area contributed by atoms with Crippen molar-refractivity contribution in [3.8, 4) is 0 Å². The molecule has 7 nitrogen and oxygen atoms in total. The smallest absolute Gasteiger partial charge is 0.258 e. The van der Waals surface area contributed by atoms with Crippen molar-refractivity contribution in [3.63, 3.8) is 0 Å². The van der Waals surface area contributed by atoms with Gasteiger partial charge in [-0.1, -0.05) is 12.1 Å². The van der Waals surface area contributed by atoms with E-state index in [1.165, 1.54) is 6.26 Å². The molecule has 2 amide bonds. The number of nitrogens with zero attached hydrogens (tertiary/aromatic N) is 2. The van der Waals surface area contributed by atoms with Crippen molar-refractivity contribution in [2.75, 3.05) is 12.8 Å². The Balaban J connectivity index is 1.34. The van der Waals surface area contributed by atoms with E-state index in [4.69, 9.17) is 4.42 Å². The van der Waals surface area contributed by atoms with Gasteiger partial charge in [0.05, 0.1) is 16.7 Å². The number of carbonyl (C=O) groups is 3. The van der Waals surface area contributed by atoms with Crippen LogP contribution in [-0.2, 0) is 25.9 Å². The summed E-state index contributed by atoms with van der Waals surface area (Å²) in [5, 5.41) is 3.05. The van der Waals surface area contributed by atoms with Gasteiger partial charge < -0.3 is 14.6 Å². The number of carbonyl (C=O) groups excluding carboxylic acids is 3. The first-order chi connectivity index (χ1) is 17.0. The molecule has 0 radical (unpaired) electrons. The lowest BCUT2D eigenvalue weighted by atomic mass is 9.92. The summed E-state index contributed by atoms with van der Waals surface area (Å²) in [4.78, 5) is 45.8. The number of Topliss-reactive ketones (excluding diaryl/α,β-unsaturated/α-hetero) is 1. The lowest BCUT2D eigenvalue weighted by Crippen LogP contribution is -2.37. The van der Waals surface area contributed by atoms with Gasteiger partial charge in [0, 0.05) is 49.3 Å². The first-order valence-electron chi connectivity index (χ1n) is 11.8. The van der Waals surface area contributed by atoms with Crippen LogP contribution in [-0.4, -0.2) is 40.3 Å². The van der Waals surface area contributed by atoms with E-state index < -0.39 is 0 Å². The van der Waals surface area contributed by atoms with E-state index in [1.807, 2.05) is 43.6 Å². The summed E-state index contributed by atoms with van der Waals surface area (Å²) in [5.74, 6) is 0.313. The van der Waals surface area contributed by atoms with Gasteiger partial charge in [-0.15, -0.1) is 11.8 Å². The van der Waals surface area contributed by atoms with Gasteiger partial charge in [-0.3, -0.25) is 19.4 Å². The molecule has 0 saturated heterocycles. The van der Waals surface area contributed by atoms with Gasteiger partial charge in [0.2, 0.25) is 0 Å². The van der Waals surface area contributed by atoms with Crippen LogP contribution in [0.4, 0.5) is 0 Å². The van der Waals surface area contributed by atoms with Crippen molar-refractivity contribution in [2.45, 2.75) is 50.6 Å². The van der Waals surface area contributed by atoms with E-state index in [0.717, 1.165) is 33.7 Å². The second-order valence-electron chi connectivity index (χ2n) is 8.91. The predicted molar refractivity (Wildman–Crippen MR) is 133 cm³/mol. The highest BCUT2D eigenvalue weighted by molar-refractivity contribution is 7.98. The van der Waals surface area contributed by atoms with Gasteiger partial charge in [0.25, 0.3) is 11.8 Å². The fraction of sp³-hybridized carbons (Fsp3) is 0.333. The molecule has 3 heterocycles. The van der Waals surface area contributed by atoms with Crippen LogP contribution in [0.25, 0.3) is 0 Å². The van der Waals surface area contributed by atoms with Crippen molar-refractivity contribution in [1.29, 1.82) is 0 Å². The number of aromatic nitrogens is 1. The lowest BCUT2D eigenvalue weighted by molar-refractivity contribution is 0.0728. The molecule has 1 aromatic carbocycles. The maximum atomic E-state index is 13.3. The minimum atomic E-state index is -0.181. The maximum absolute atomic E-state index is 13.3. The third-order valence-electron chi connectivity index (χ3n) is 6.84. The Morgan fingerprint density at radius 1 is 1.17 bits per heavy atom. The van der Waals surface area contributed by atoms with Crippen LogP contribution in [0.1, 0.15) is 72.1 Å². The molecule has 0 atom stereocenters. The van der Waals surface area contributed by atoms with Crippen LogP contribution in [0, 0.1) is 6.92 Å². The Morgan fingerprint density at radius 2 is 2.00 bits per heavy atom. The lowest BCUT2D eigenvalue weighted by Gasteiger charge is -2.30. The summed E-state index contributed by atoms with van der Waals surface area (Å²) in [5.41, 5.74) is 5.45. The van der Waals surface area contributed by atoms with Crippen LogP contribution >= 0.6 is 11.8 Å². The fourth-order valence-electron chi connectivity index (χ4n) is 4.98. The minimum absolute atomic E-state index is 0.0147. The van der Waals surface area contributed by atoms with Crippen LogP contribution in [0.5, 0.6) is 0 Å². The Bertz CT molecular complexity index is 1330. The van der Waals surface area contributed by atoms with Crippen molar-refractivity contribution in [3.05, 3.63) is 81.6 Å². The molecule has 8 heteroatoms. The number of hydrogen-bond donors (Lipinski definition) is 1. The number of ketones is 1. The predicted octanol–water partition coefficient (Wildman–Crippen LogP) is 4.35. The average Bonchev–Trinajstić information content (AvgIpc) is 3.32. The molecule has 2 aliphatic rings. The molecule has 180 valence electrons. The highest BCUT2D eigenvalue weighted by Crippen LogP contribution is 2.30. The molecule has 0 bridgehead atoms. The molecule has 0 saturated carbocycles. The Kier molecular flexibility index (Phi) is 6.47. The number of hydrogen-bond acceptors (Lipinski definition) is 6. The molecule has 0 unspecified atom stereocenters. The summed E-state index contributed by atoms with van der Waals surface area (Å²) in [6.45, 7) is 3.26. The van der Waals surface area contributed by atoms with E-state index >= 15 is 0 Å². The molecule has 3 aromatic rings. The van der Waals surface area contributed by atoms with Crippen molar-refractivity contribution in [2.24, 2.45) is 0 Å². The Morgan fingerprint density at radius 3 is 2.83 bits per heavy atom. The third-order valence-corrected chi connectivity index (χ3v) is 7.64. The van der Waals surface area contributed by atoms with E-state index in [9.17, 15) is 14.4 Å². The molecule has 0 fully saturated rings. The molecule has 1 aliphatic carbocycles. The third kappa shape index (κ3) is 4.38. The summed E-state index contributed by atoms with van der Waals surface area (Å²) in [6.07, 6.45) is 7.77. The first kappa shape index (κ1) is 23.4. The SMILES string of the molecule is CSc1ccccc1C(=O)NCc1c(C)ncc2c1CCN(C(=O)c1coc3c1C(=O)CCC3)C2. The number of amides is 2. The summed E-state index contributed by atoms with van der Waals surface area (Å²) in [6, 6.07) is 7.55. The van der Waals surface area contributed by atoms with Gasteiger partial charge in [-0.2, -0.15) is 0 Å². The maximum Gasteiger partial charge on any atom is 0.258 e. The van der Waals surface area contributed by atoms with Gasteiger partial charge in [-0.25, -0.2) is 0 Å². The second kappa shape index (κ2) is 9.70. The number of aryl methyl sites for hydroxylation is 2. The summed E-state index contributed by atoms with van der Waals surface area (Å²) >= 11 is 1.54. The van der Waals surface area contributed by atoms with E-state index in [1.54, 1.807) is 16.7 Å². The summed E-state index contributed by atoms with van der Waals surface area (Å²) in [7, 11) is 0. The molecule has 35 heavy (non-hydrogen) atoms. The first-order valence-corrected chi connectivity index (χ1v) is 13.0. The zero-order valence-corrected chi connectivity index (χ0v) is 20.7. The van der Waals surface area contributed by atoms with Gasteiger partial charge in [-0.05, 0) is 54.8 Å². The number of pyridine rings is 1. The van der Waals surface area contributed by atoms with E-state index in [2.05, 4.69) is 10.3 Å². The normalized spacial score (nSPS) is 14.9. The number of nitrogens with one attached hydrogen (secondary N) is 1. The number of benzene rings is 1. The molecular weight excluding hydrogens is 462 g/mol. The number of furan rings is 1. The van der Waals surface area contributed by atoms with E-state index in [-0.39, 0.29) is 17.6 Å². The summed E-state index contributed by atoms with van der Waals surface area (Å²) < 4.78 is 5.56. The van der Waals surface area contributed by atoms with Crippen molar-refractivity contribution >= 4 is 29.4 Å². The van der Waals surface area contributed by atoms with E-state index in [0.29, 0.717) is 61.3 Å². The van der Waals surface area contributed by atoms with Crippen LogP contribution in [0.3, 0.4) is 0 Å². The topological polar surface area (TPSA) is 92.5 Å². The van der Waals surface area contributed by atoms with Crippen LogP contribution in [0.2, 0.25) is 0 Å². The molecular formula is C27H27N3O4S. The average molecular weight is 490 g/mol. The van der Waals surface area contributed by atoms with Gasteiger partial charge >= 0.3 is 0 Å². The highest BCUT2D eigenvalue weighted by Gasteiger charge is 2.32. The minimum Gasteiger partial charge on any atom is -0.468 e. The standard InChI is InChI=1S/C27H27N3O4S/c1-16-20(13-29-26(32)19-6-3-4-9-24(19)35-2)18-10-11-30(14-17(18)12-28-16)27(33)21-15-34-23-8-5-7-22(31)25(21)23/h3-4,6,9,12,15H,5,7-8,10-11,13-14H2,1-2H3,(H,29,32). The zero-order chi connectivity index (χ0) is 24.5. The van der Waals surface area contributed by atoms with Crippen LogP contribution < -0.4 is 5.32 Å². The van der Waals surface area contributed by atoms with Gasteiger partial charge in [0.1, 0.15) is 12.0 Å². The molecule has 1 aliphatic heterocycles. The Labute approximate surface area is 208 Å². The largest absolute Gasteiger partial charge is 0.468 e. The molecule has 1 N–H and O–H groups in total. The quantitative estimate of drug-likeness (QED) is 0.536. The molecule has 2 aromatic heterocycles. The number of rotatable bonds is 5. The fourth-order valence-corrected chi connectivity index (χ4v) is 5.57. The zero-order valence-electron chi connectivity index (χ0n) is 19.8. The van der Waals surface area contributed by atoms with Crippen LogP contribution in [0.15, 0.2) is 46.0 Å².